The maximum atomic E-state index is 10.8. The summed E-state index contributed by atoms with van der Waals surface area (Å²) in [6, 6.07) is 6.28. The topological polar surface area (TPSA) is 80.4 Å². The Kier molecular flexibility index (Phi) is 2.93. The Morgan fingerprint density at radius 1 is 1.35 bits per heavy atom. The first-order valence-electron chi connectivity index (χ1n) is 4.78. The standard InChI is InChI=1S/C12H9NO3S/c13-11-4-7(12(15)16)1-2-10(11)8-3-9(5-14)17-6-8/h1-6H,13H2,(H,15,16). The van der Waals surface area contributed by atoms with Crippen molar-refractivity contribution in [3.8, 4) is 11.1 Å². The number of rotatable bonds is 3. The molecule has 5 heteroatoms. The number of carboxylic acid groups (broad SMARTS) is 1. The van der Waals surface area contributed by atoms with Gasteiger partial charge in [-0.1, -0.05) is 6.07 Å². The van der Waals surface area contributed by atoms with Gasteiger partial charge in [-0.2, -0.15) is 0 Å². The van der Waals surface area contributed by atoms with Crippen molar-refractivity contribution in [2.75, 3.05) is 5.73 Å². The Hall–Kier alpha value is -2.14. The van der Waals surface area contributed by atoms with Crippen LogP contribution in [0.5, 0.6) is 0 Å². The van der Waals surface area contributed by atoms with E-state index in [9.17, 15) is 9.59 Å². The second-order valence-corrected chi connectivity index (χ2v) is 4.41. The zero-order valence-electron chi connectivity index (χ0n) is 8.71. The quantitative estimate of drug-likeness (QED) is 0.645. The fraction of sp³-hybridized carbons (Fsp3) is 0. The van der Waals surface area contributed by atoms with E-state index in [0.717, 1.165) is 17.4 Å². The number of hydrogen-bond acceptors (Lipinski definition) is 4. The molecule has 0 aliphatic heterocycles. The SMILES string of the molecule is Nc1cc(C(=O)O)ccc1-c1csc(C=O)c1. The summed E-state index contributed by atoms with van der Waals surface area (Å²) >= 11 is 1.32. The van der Waals surface area contributed by atoms with Crippen molar-refractivity contribution in [3.63, 3.8) is 0 Å². The predicted molar refractivity (Wildman–Crippen MR) is 66.5 cm³/mol. The van der Waals surface area contributed by atoms with Gasteiger partial charge < -0.3 is 10.8 Å². The van der Waals surface area contributed by atoms with E-state index in [4.69, 9.17) is 10.8 Å². The molecular weight excluding hydrogens is 238 g/mol. The molecular formula is C12H9NO3S. The third-order valence-corrected chi connectivity index (χ3v) is 3.20. The van der Waals surface area contributed by atoms with Crippen LogP contribution in [0.2, 0.25) is 0 Å². The van der Waals surface area contributed by atoms with Gasteiger partial charge in [0.1, 0.15) is 0 Å². The predicted octanol–water partition coefficient (Wildman–Crippen LogP) is 2.51. The molecule has 0 saturated heterocycles. The maximum absolute atomic E-state index is 10.8. The number of nitrogen functional groups attached to an aromatic ring is 1. The average Bonchev–Trinajstić information content (AvgIpc) is 2.77. The summed E-state index contributed by atoms with van der Waals surface area (Å²) in [7, 11) is 0. The van der Waals surface area contributed by atoms with Crippen LogP contribution < -0.4 is 5.73 Å². The van der Waals surface area contributed by atoms with E-state index in [1.807, 2.05) is 5.38 Å². The summed E-state index contributed by atoms with van der Waals surface area (Å²) in [5.41, 5.74) is 7.89. The van der Waals surface area contributed by atoms with Crippen LogP contribution in [0, 0.1) is 0 Å². The van der Waals surface area contributed by atoms with Crippen LogP contribution in [0.3, 0.4) is 0 Å². The first-order chi connectivity index (χ1) is 8.11. The van der Waals surface area contributed by atoms with Crippen molar-refractivity contribution in [1.82, 2.24) is 0 Å². The Morgan fingerprint density at radius 2 is 2.12 bits per heavy atom. The smallest absolute Gasteiger partial charge is 0.335 e. The van der Waals surface area contributed by atoms with Gasteiger partial charge in [-0.25, -0.2) is 4.79 Å². The summed E-state index contributed by atoms with van der Waals surface area (Å²) in [5, 5.41) is 10.6. The normalized spacial score (nSPS) is 10.1. The Bertz CT molecular complexity index is 589. The van der Waals surface area contributed by atoms with Gasteiger partial charge >= 0.3 is 5.97 Å². The Morgan fingerprint density at radius 3 is 2.65 bits per heavy atom. The molecule has 3 N–H and O–H groups in total. The number of carbonyl (C=O) groups is 2. The third kappa shape index (κ3) is 2.19. The number of carbonyl (C=O) groups excluding carboxylic acids is 1. The highest BCUT2D eigenvalue weighted by molar-refractivity contribution is 7.12. The molecule has 0 amide bonds. The van der Waals surface area contributed by atoms with Crippen molar-refractivity contribution in [2.45, 2.75) is 0 Å². The molecule has 0 saturated carbocycles. The number of nitrogens with two attached hydrogens (primary N) is 1. The van der Waals surface area contributed by atoms with Gasteiger partial charge in [-0.15, -0.1) is 11.3 Å². The molecule has 4 nitrogen and oxygen atoms in total. The monoisotopic (exact) mass is 247 g/mol. The van der Waals surface area contributed by atoms with Gasteiger partial charge in [0.15, 0.2) is 6.29 Å². The lowest BCUT2D eigenvalue weighted by molar-refractivity contribution is 0.0697. The number of aldehydes is 1. The van der Waals surface area contributed by atoms with E-state index in [2.05, 4.69) is 0 Å². The van der Waals surface area contributed by atoms with Crippen LogP contribution in [0.15, 0.2) is 29.6 Å². The molecule has 1 aromatic heterocycles. The lowest BCUT2D eigenvalue weighted by Crippen LogP contribution is -1.98. The van der Waals surface area contributed by atoms with Crippen molar-refractivity contribution >= 4 is 29.3 Å². The summed E-state index contributed by atoms with van der Waals surface area (Å²) in [4.78, 5) is 21.9. The number of thiophene rings is 1. The second-order valence-electron chi connectivity index (χ2n) is 3.46. The molecule has 0 unspecified atom stereocenters. The highest BCUT2D eigenvalue weighted by Gasteiger charge is 2.09. The fourth-order valence-electron chi connectivity index (χ4n) is 1.51. The molecule has 0 aliphatic rings. The minimum absolute atomic E-state index is 0.150. The molecule has 17 heavy (non-hydrogen) atoms. The molecule has 0 radical (unpaired) electrons. The van der Waals surface area contributed by atoms with E-state index in [1.165, 1.54) is 23.5 Å². The molecule has 1 heterocycles. The molecule has 1 aromatic carbocycles. The minimum atomic E-state index is -1.01. The van der Waals surface area contributed by atoms with Gasteiger partial charge in [0.25, 0.3) is 0 Å². The fourth-order valence-corrected chi connectivity index (χ4v) is 2.22. The summed E-state index contributed by atoms with van der Waals surface area (Å²) in [6.45, 7) is 0. The maximum Gasteiger partial charge on any atom is 0.335 e. The Balaban J connectivity index is 2.46. The number of aromatic carboxylic acids is 1. The number of benzene rings is 1. The molecule has 0 fully saturated rings. The van der Waals surface area contributed by atoms with E-state index < -0.39 is 5.97 Å². The first-order valence-corrected chi connectivity index (χ1v) is 5.66. The number of carboxylic acids is 1. The van der Waals surface area contributed by atoms with E-state index in [-0.39, 0.29) is 5.56 Å². The minimum Gasteiger partial charge on any atom is -0.478 e. The third-order valence-electron chi connectivity index (χ3n) is 2.35. The number of anilines is 1. The summed E-state index contributed by atoms with van der Waals surface area (Å²) < 4.78 is 0. The van der Waals surface area contributed by atoms with Gasteiger partial charge in [-0.3, -0.25) is 4.79 Å². The first kappa shape index (κ1) is 11.3. The van der Waals surface area contributed by atoms with Crippen LogP contribution in [-0.4, -0.2) is 17.4 Å². The van der Waals surface area contributed by atoms with E-state index in [0.29, 0.717) is 10.6 Å². The Labute approximate surface area is 101 Å². The molecule has 0 spiro atoms. The van der Waals surface area contributed by atoms with Crippen molar-refractivity contribution in [2.24, 2.45) is 0 Å². The largest absolute Gasteiger partial charge is 0.478 e. The van der Waals surface area contributed by atoms with Gasteiger partial charge in [0, 0.05) is 11.3 Å². The molecule has 0 aliphatic carbocycles. The zero-order valence-corrected chi connectivity index (χ0v) is 9.53. The van der Waals surface area contributed by atoms with E-state index >= 15 is 0 Å². The summed E-state index contributed by atoms with van der Waals surface area (Å²) in [5.74, 6) is -1.01. The number of hydrogen-bond donors (Lipinski definition) is 2. The van der Waals surface area contributed by atoms with Crippen LogP contribution in [-0.2, 0) is 0 Å². The zero-order chi connectivity index (χ0) is 12.4. The van der Waals surface area contributed by atoms with Gasteiger partial charge in [0.2, 0.25) is 0 Å². The highest BCUT2D eigenvalue weighted by atomic mass is 32.1. The molecule has 0 bridgehead atoms. The van der Waals surface area contributed by atoms with Gasteiger partial charge in [0.05, 0.1) is 10.4 Å². The van der Waals surface area contributed by atoms with Crippen molar-refractivity contribution in [3.05, 3.63) is 40.1 Å². The van der Waals surface area contributed by atoms with Gasteiger partial charge in [-0.05, 0) is 29.1 Å². The van der Waals surface area contributed by atoms with Crippen molar-refractivity contribution < 1.29 is 14.7 Å². The summed E-state index contributed by atoms with van der Waals surface area (Å²) in [6.07, 6.45) is 0.774. The molecule has 0 atom stereocenters. The average molecular weight is 247 g/mol. The highest BCUT2D eigenvalue weighted by Crippen LogP contribution is 2.30. The van der Waals surface area contributed by atoms with Crippen molar-refractivity contribution in [1.29, 1.82) is 0 Å². The van der Waals surface area contributed by atoms with Crippen LogP contribution in [0.4, 0.5) is 5.69 Å². The van der Waals surface area contributed by atoms with Crippen LogP contribution >= 0.6 is 11.3 Å². The van der Waals surface area contributed by atoms with E-state index in [1.54, 1.807) is 12.1 Å². The lowest BCUT2D eigenvalue weighted by atomic mass is 10.0. The second kappa shape index (κ2) is 4.39. The van der Waals surface area contributed by atoms with Crippen LogP contribution in [0.1, 0.15) is 20.0 Å². The molecule has 86 valence electrons. The lowest BCUT2D eigenvalue weighted by Gasteiger charge is -2.04. The molecule has 2 rings (SSSR count). The molecule has 2 aromatic rings. The van der Waals surface area contributed by atoms with Crippen LogP contribution in [0.25, 0.3) is 11.1 Å².